The van der Waals surface area contributed by atoms with Gasteiger partial charge in [0.15, 0.2) is 5.82 Å². The molecule has 150 valence electrons. The van der Waals surface area contributed by atoms with Gasteiger partial charge in [0.25, 0.3) is 5.91 Å². The summed E-state index contributed by atoms with van der Waals surface area (Å²) >= 11 is 0. The molecule has 28 heavy (non-hydrogen) atoms. The van der Waals surface area contributed by atoms with Gasteiger partial charge in [-0.15, -0.1) is 0 Å². The van der Waals surface area contributed by atoms with Gasteiger partial charge in [-0.25, -0.2) is 11.0 Å². The van der Waals surface area contributed by atoms with Crippen LogP contribution in [0.1, 0.15) is 48.9 Å². The number of hydrogen-bond donors (Lipinski definition) is 2. The molecule has 1 saturated heterocycles. The summed E-state index contributed by atoms with van der Waals surface area (Å²) in [5.74, 6) is -0.638. The fraction of sp³-hybridized carbons (Fsp3) is 0.684. The predicted octanol–water partition coefficient (Wildman–Crippen LogP) is 1.54. The number of nitrogens with one attached hydrogen (secondary N) is 1. The lowest BCUT2D eigenvalue weighted by molar-refractivity contribution is -0.117. The number of carbonyl (C=O) groups excluding carboxylic acids is 2. The third kappa shape index (κ3) is 3.49. The van der Waals surface area contributed by atoms with E-state index in [-0.39, 0.29) is 29.8 Å². The second kappa shape index (κ2) is 7.17. The molecular formula is C19H25FN6O2. The van der Waals surface area contributed by atoms with Crippen LogP contribution in [0.3, 0.4) is 0 Å². The topological polar surface area (TPSA) is 97.6 Å². The zero-order valence-electron chi connectivity index (χ0n) is 15.7. The molecule has 1 aromatic rings. The van der Waals surface area contributed by atoms with Crippen LogP contribution in [0.4, 0.5) is 10.2 Å². The highest BCUT2D eigenvalue weighted by Gasteiger charge is 2.44. The number of aromatic nitrogens is 2. The third-order valence-corrected chi connectivity index (χ3v) is 6.30. The van der Waals surface area contributed by atoms with Gasteiger partial charge in [-0.2, -0.15) is 5.10 Å². The summed E-state index contributed by atoms with van der Waals surface area (Å²) < 4.78 is 14.8. The first-order chi connectivity index (χ1) is 13.4. The molecule has 0 unspecified atom stereocenters. The molecule has 8 nitrogen and oxygen atoms in total. The fourth-order valence-electron chi connectivity index (χ4n) is 4.32. The number of alkyl halides is 1. The van der Waals surface area contributed by atoms with Gasteiger partial charge in [-0.3, -0.25) is 19.2 Å². The number of hydrogen-bond acceptors (Lipinski definition) is 4. The molecule has 0 spiro atoms. The molecule has 0 bridgehead atoms. The van der Waals surface area contributed by atoms with Crippen LogP contribution in [0.15, 0.2) is 6.20 Å². The van der Waals surface area contributed by atoms with Crippen molar-refractivity contribution < 1.29 is 14.0 Å². The van der Waals surface area contributed by atoms with Gasteiger partial charge >= 0.3 is 0 Å². The van der Waals surface area contributed by atoms with Crippen molar-refractivity contribution in [2.45, 2.75) is 56.3 Å². The van der Waals surface area contributed by atoms with Gasteiger partial charge in [0.05, 0.1) is 0 Å². The van der Waals surface area contributed by atoms with Crippen molar-refractivity contribution in [1.82, 2.24) is 14.7 Å². The quantitative estimate of drug-likeness (QED) is 0.723. The first kappa shape index (κ1) is 18.9. The Labute approximate surface area is 163 Å². The Morgan fingerprint density at radius 3 is 2.54 bits per heavy atom. The number of primary amides is 1. The first-order valence-corrected chi connectivity index (χ1v) is 9.84. The molecule has 2 aliphatic carbocycles. The fourth-order valence-corrected chi connectivity index (χ4v) is 4.32. The van der Waals surface area contributed by atoms with Crippen LogP contribution in [0.5, 0.6) is 0 Å². The Hall–Kier alpha value is -2.47. The van der Waals surface area contributed by atoms with Gasteiger partial charge < -0.3 is 15.9 Å². The number of halogens is 1. The van der Waals surface area contributed by atoms with Crippen molar-refractivity contribution in [1.29, 1.82) is 0 Å². The van der Waals surface area contributed by atoms with Crippen molar-refractivity contribution in [2.75, 3.05) is 25.0 Å². The van der Waals surface area contributed by atoms with E-state index in [0.29, 0.717) is 32.0 Å². The Kier molecular flexibility index (Phi) is 4.83. The number of likely N-dealkylation sites (tertiary alicyclic amines) is 1. The zero-order valence-corrected chi connectivity index (χ0v) is 15.7. The molecular weight excluding hydrogens is 363 g/mol. The predicted molar refractivity (Wildman–Crippen MR) is 100 cm³/mol. The Balaban J connectivity index is 1.55. The summed E-state index contributed by atoms with van der Waals surface area (Å²) in [7, 11) is 0. The van der Waals surface area contributed by atoms with E-state index in [0.717, 1.165) is 25.7 Å². The molecule has 0 atom stereocenters. The lowest BCUT2D eigenvalue weighted by atomic mass is 9.78. The highest BCUT2D eigenvalue weighted by atomic mass is 19.1. The molecule has 1 aliphatic heterocycles. The minimum Gasteiger partial charge on any atom is -0.365 e. The van der Waals surface area contributed by atoms with Crippen molar-refractivity contribution in [2.24, 2.45) is 11.7 Å². The van der Waals surface area contributed by atoms with Crippen LogP contribution in [0, 0.1) is 12.5 Å². The van der Waals surface area contributed by atoms with E-state index in [9.17, 15) is 14.0 Å². The molecule has 0 radical (unpaired) electrons. The summed E-state index contributed by atoms with van der Waals surface area (Å²) in [5, 5.41) is 7.20. The Morgan fingerprint density at radius 1 is 1.32 bits per heavy atom. The number of nitrogens with zero attached hydrogens (tertiary/aromatic N) is 4. The number of amides is 2. The number of anilines is 1. The van der Waals surface area contributed by atoms with Crippen LogP contribution in [-0.2, 0) is 10.3 Å². The number of nitrogens with two attached hydrogens (primary N) is 1. The van der Waals surface area contributed by atoms with Crippen LogP contribution < -0.4 is 11.1 Å². The van der Waals surface area contributed by atoms with Crippen molar-refractivity contribution in [3.63, 3.8) is 0 Å². The van der Waals surface area contributed by atoms with Gasteiger partial charge in [0.1, 0.15) is 17.3 Å². The lowest BCUT2D eigenvalue weighted by Crippen LogP contribution is -2.56. The standard InChI is InChI=1S/C19H25FN6O2/c1-22-11-19(6-4-14(5-7-19)25-8-13(20)9-25)26-10-15(16(21)27)17(24-26)23-18(28)12-2-3-12/h10,12-14H,2-9,11H2,(H2,21,27)(H,23,24,28). The van der Waals surface area contributed by atoms with E-state index >= 15 is 0 Å². The van der Waals surface area contributed by atoms with Gasteiger partial charge in [-0.1, -0.05) is 0 Å². The van der Waals surface area contributed by atoms with Crippen LogP contribution >= 0.6 is 0 Å². The van der Waals surface area contributed by atoms with E-state index < -0.39 is 17.6 Å². The average molecular weight is 388 g/mol. The molecule has 2 saturated carbocycles. The molecule has 3 fully saturated rings. The summed E-state index contributed by atoms with van der Waals surface area (Å²) in [4.78, 5) is 29.8. The third-order valence-electron chi connectivity index (χ3n) is 6.30. The van der Waals surface area contributed by atoms with E-state index in [2.05, 4.69) is 20.2 Å². The highest BCUT2D eigenvalue weighted by Crippen LogP contribution is 2.39. The molecule has 9 heteroatoms. The Bertz CT molecular complexity index is 813. The molecule has 2 amide bonds. The molecule has 2 heterocycles. The monoisotopic (exact) mass is 388 g/mol. The number of rotatable bonds is 6. The normalized spacial score (nSPS) is 28.4. The van der Waals surface area contributed by atoms with Crippen molar-refractivity contribution >= 4 is 17.6 Å². The zero-order chi connectivity index (χ0) is 19.9. The second-order valence-electron chi connectivity index (χ2n) is 8.29. The summed E-state index contributed by atoms with van der Waals surface area (Å²) in [6, 6.07) is 0.325. The Morgan fingerprint density at radius 2 is 2.00 bits per heavy atom. The van der Waals surface area contributed by atoms with Crippen LogP contribution in [-0.4, -0.2) is 58.3 Å². The van der Waals surface area contributed by atoms with E-state index in [4.69, 9.17) is 12.3 Å². The van der Waals surface area contributed by atoms with E-state index in [1.165, 1.54) is 0 Å². The maximum atomic E-state index is 13.2. The average Bonchev–Trinajstić information content (AvgIpc) is 3.40. The molecule has 4 rings (SSSR count). The lowest BCUT2D eigenvalue weighted by Gasteiger charge is -2.45. The SMILES string of the molecule is [C-]#[N+]CC1(n2cc(C(N)=O)c(NC(=O)C3CC3)n2)CCC(N2CC(F)C2)CC1. The largest absolute Gasteiger partial charge is 0.365 e. The summed E-state index contributed by atoms with van der Waals surface area (Å²) in [5.41, 5.74) is 5.13. The van der Waals surface area contributed by atoms with Crippen LogP contribution in [0.25, 0.3) is 4.85 Å². The first-order valence-electron chi connectivity index (χ1n) is 9.84. The van der Waals surface area contributed by atoms with Crippen LogP contribution in [0.2, 0.25) is 0 Å². The summed E-state index contributed by atoms with van der Waals surface area (Å²) in [6.45, 7) is 8.63. The highest BCUT2D eigenvalue weighted by molar-refractivity contribution is 6.02. The molecule has 3 N–H and O–H groups in total. The summed E-state index contributed by atoms with van der Waals surface area (Å²) in [6.07, 6.45) is 5.65. The smallest absolute Gasteiger partial charge is 0.254 e. The van der Waals surface area contributed by atoms with Crippen molar-refractivity contribution in [3.8, 4) is 0 Å². The maximum absolute atomic E-state index is 13.2. The molecule has 1 aromatic heterocycles. The minimum absolute atomic E-state index is 0.0191. The van der Waals surface area contributed by atoms with Gasteiger partial charge in [-0.05, 0) is 38.5 Å². The van der Waals surface area contributed by atoms with E-state index in [1.54, 1.807) is 10.9 Å². The van der Waals surface area contributed by atoms with Gasteiger partial charge in [0.2, 0.25) is 12.5 Å². The molecule has 3 aliphatic rings. The maximum Gasteiger partial charge on any atom is 0.254 e. The number of carbonyl (C=O) groups is 2. The van der Waals surface area contributed by atoms with Crippen molar-refractivity contribution in [3.05, 3.63) is 23.2 Å². The van der Waals surface area contributed by atoms with Gasteiger partial charge in [0, 0.05) is 31.2 Å². The van der Waals surface area contributed by atoms with E-state index in [1.807, 2.05) is 0 Å². The molecule has 0 aromatic carbocycles. The minimum atomic E-state index is -0.725. The second-order valence-corrected chi connectivity index (χ2v) is 8.29.